The summed E-state index contributed by atoms with van der Waals surface area (Å²) in [6.45, 7) is 4.34. The van der Waals surface area contributed by atoms with Crippen molar-refractivity contribution >= 4 is 0 Å². The number of nitrogens with zero attached hydrogens (tertiary/aromatic N) is 2. The van der Waals surface area contributed by atoms with E-state index in [2.05, 4.69) is 23.9 Å². The number of ether oxygens (including phenoxy) is 1. The normalized spacial score (nSPS) is 33.8. The second kappa shape index (κ2) is 7.21. The van der Waals surface area contributed by atoms with Crippen LogP contribution < -0.4 is 5.73 Å². The SMILES string of the molecule is COC1CCCCC1(CN)N1CCC(CN(C)C)CC1. The fourth-order valence-corrected chi connectivity index (χ4v) is 4.33. The molecule has 1 saturated carbocycles. The fraction of sp³-hybridized carbons (Fsp3) is 1.00. The van der Waals surface area contributed by atoms with E-state index in [-0.39, 0.29) is 5.54 Å². The maximum absolute atomic E-state index is 6.22. The van der Waals surface area contributed by atoms with Crippen LogP contribution in [0.2, 0.25) is 0 Å². The summed E-state index contributed by atoms with van der Waals surface area (Å²) in [5, 5.41) is 0. The summed E-state index contributed by atoms with van der Waals surface area (Å²) in [6.07, 6.45) is 7.90. The van der Waals surface area contributed by atoms with Crippen LogP contribution in [0, 0.1) is 5.92 Å². The van der Waals surface area contributed by atoms with Gasteiger partial charge in [-0.3, -0.25) is 4.90 Å². The molecule has 2 rings (SSSR count). The number of methoxy groups -OCH3 is 1. The number of hydrogen-bond acceptors (Lipinski definition) is 4. The van der Waals surface area contributed by atoms with Gasteiger partial charge < -0.3 is 15.4 Å². The van der Waals surface area contributed by atoms with Gasteiger partial charge >= 0.3 is 0 Å². The molecule has 2 unspecified atom stereocenters. The van der Waals surface area contributed by atoms with Gasteiger partial charge in [0, 0.05) is 20.2 Å². The lowest BCUT2D eigenvalue weighted by atomic mass is 9.76. The highest BCUT2D eigenvalue weighted by molar-refractivity contribution is 5.02. The molecule has 1 heterocycles. The van der Waals surface area contributed by atoms with Crippen molar-refractivity contribution in [2.24, 2.45) is 11.7 Å². The van der Waals surface area contributed by atoms with Gasteiger partial charge in [0.2, 0.25) is 0 Å². The van der Waals surface area contributed by atoms with E-state index in [1.54, 1.807) is 0 Å². The summed E-state index contributed by atoms with van der Waals surface area (Å²) >= 11 is 0. The second-order valence-electron chi connectivity index (χ2n) is 6.97. The number of likely N-dealkylation sites (tertiary alicyclic amines) is 1. The maximum Gasteiger partial charge on any atom is 0.0767 e. The number of piperidine rings is 1. The third-order valence-corrected chi connectivity index (χ3v) is 5.43. The van der Waals surface area contributed by atoms with E-state index >= 15 is 0 Å². The number of rotatable bonds is 5. The van der Waals surface area contributed by atoms with Gasteiger partial charge in [-0.2, -0.15) is 0 Å². The average molecular weight is 283 g/mol. The van der Waals surface area contributed by atoms with Crippen LogP contribution in [0.4, 0.5) is 0 Å². The maximum atomic E-state index is 6.22. The Morgan fingerprint density at radius 1 is 1.20 bits per heavy atom. The summed E-state index contributed by atoms with van der Waals surface area (Å²) in [6, 6.07) is 0. The molecule has 20 heavy (non-hydrogen) atoms. The Morgan fingerprint density at radius 2 is 1.90 bits per heavy atom. The molecular formula is C16H33N3O. The van der Waals surface area contributed by atoms with Gasteiger partial charge in [0.05, 0.1) is 11.6 Å². The van der Waals surface area contributed by atoms with Crippen LogP contribution in [0.25, 0.3) is 0 Å². The molecule has 1 saturated heterocycles. The topological polar surface area (TPSA) is 41.7 Å². The standard InChI is InChI=1S/C16H33N3O/c1-18(2)12-14-7-10-19(11-8-14)16(13-17)9-5-4-6-15(16)20-3/h14-15H,4-13,17H2,1-3H3. The second-order valence-corrected chi connectivity index (χ2v) is 6.97. The quantitative estimate of drug-likeness (QED) is 0.831. The van der Waals surface area contributed by atoms with E-state index in [9.17, 15) is 0 Å². The van der Waals surface area contributed by atoms with Crippen molar-refractivity contribution in [2.45, 2.75) is 50.2 Å². The zero-order valence-electron chi connectivity index (χ0n) is 13.6. The lowest BCUT2D eigenvalue weighted by Gasteiger charge is -2.52. The lowest BCUT2D eigenvalue weighted by molar-refractivity contribution is -0.0860. The molecular weight excluding hydrogens is 250 g/mol. The van der Waals surface area contributed by atoms with Crippen molar-refractivity contribution in [1.82, 2.24) is 9.80 Å². The molecule has 2 aliphatic rings. The Morgan fingerprint density at radius 3 is 2.45 bits per heavy atom. The van der Waals surface area contributed by atoms with Crippen LogP contribution in [0.1, 0.15) is 38.5 Å². The third-order valence-electron chi connectivity index (χ3n) is 5.43. The third kappa shape index (κ3) is 3.35. The van der Waals surface area contributed by atoms with Crippen molar-refractivity contribution in [2.75, 3.05) is 47.4 Å². The highest BCUT2D eigenvalue weighted by Crippen LogP contribution is 2.37. The van der Waals surface area contributed by atoms with E-state index in [0.29, 0.717) is 6.10 Å². The van der Waals surface area contributed by atoms with Crippen molar-refractivity contribution in [3.63, 3.8) is 0 Å². The van der Waals surface area contributed by atoms with Crippen molar-refractivity contribution in [1.29, 1.82) is 0 Å². The zero-order chi connectivity index (χ0) is 14.6. The summed E-state index contributed by atoms with van der Waals surface area (Å²) in [7, 11) is 6.21. The van der Waals surface area contributed by atoms with E-state index in [1.807, 2.05) is 7.11 Å². The van der Waals surface area contributed by atoms with Gasteiger partial charge in [0.25, 0.3) is 0 Å². The number of nitrogens with two attached hydrogens (primary N) is 1. The predicted molar refractivity (Wildman–Crippen MR) is 83.9 cm³/mol. The Bertz CT molecular complexity index is 289. The molecule has 1 aliphatic heterocycles. The summed E-state index contributed by atoms with van der Waals surface area (Å²) in [5.74, 6) is 0.848. The first kappa shape index (κ1) is 16.2. The first-order chi connectivity index (χ1) is 9.62. The van der Waals surface area contributed by atoms with E-state index < -0.39 is 0 Å². The van der Waals surface area contributed by atoms with Crippen LogP contribution in [0.5, 0.6) is 0 Å². The van der Waals surface area contributed by atoms with Crippen LogP contribution in [-0.4, -0.2) is 68.8 Å². The minimum absolute atomic E-state index is 0.107. The molecule has 2 atom stereocenters. The lowest BCUT2D eigenvalue weighted by Crippen LogP contribution is -2.64. The van der Waals surface area contributed by atoms with Gasteiger partial charge in [-0.25, -0.2) is 0 Å². The van der Waals surface area contributed by atoms with Crippen LogP contribution in [-0.2, 0) is 4.74 Å². The van der Waals surface area contributed by atoms with Crippen molar-refractivity contribution in [3.05, 3.63) is 0 Å². The Hall–Kier alpha value is -0.160. The summed E-state index contributed by atoms with van der Waals surface area (Å²) in [5.41, 5.74) is 6.33. The van der Waals surface area contributed by atoms with Crippen LogP contribution >= 0.6 is 0 Å². The molecule has 4 nitrogen and oxygen atoms in total. The number of hydrogen-bond donors (Lipinski definition) is 1. The molecule has 0 spiro atoms. The Balaban J connectivity index is 1.98. The Labute approximate surface area is 124 Å². The van der Waals surface area contributed by atoms with Crippen molar-refractivity contribution in [3.8, 4) is 0 Å². The van der Waals surface area contributed by atoms with E-state index in [4.69, 9.17) is 10.5 Å². The molecule has 2 fully saturated rings. The molecule has 2 N–H and O–H groups in total. The molecule has 0 aromatic carbocycles. The van der Waals surface area contributed by atoms with Gasteiger partial charge in [0.15, 0.2) is 0 Å². The molecule has 1 aliphatic carbocycles. The van der Waals surface area contributed by atoms with E-state index in [0.717, 1.165) is 12.5 Å². The molecule has 0 amide bonds. The van der Waals surface area contributed by atoms with Crippen LogP contribution in [0.3, 0.4) is 0 Å². The highest BCUT2D eigenvalue weighted by atomic mass is 16.5. The van der Waals surface area contributed by atoms with Crippen LogP contribution in [0.15, 0.2) is 0 Å². The largest absolute Gasteiger partial charge is 0.379 e. The molecule has 0 bridgehead atoms. The zero-order valence-corrected chi connectivity index (χ0v) is 13.6. The van der Waals surface area contributed by atoms with Gasteiger partial charge in [-0.05, 0) is 58.8 Å². The first-order valence-electron chi connectivity index (χ1n) is 8.25. The average Bonchev–Trinajstić information content (AvgIpc) is 2.47. The van der Waals surface area contributed by atoms with Gasteiger partial charge in [-0.15, -0.1) is 0 Å². The molecule has 0 radical (unpaired) electrons. The fourth-order valence-electron chi connectivity index (χ4n) is 4.33. The van der Waals surface area contributed by atoms with Crippen molar-refractivity contribution < 1.29 is 4.74 Å². The first-order valence-corrected chi connectivity index (χ1v) is 8.25. The highest BCUT2D eigenvalue weighted by Gasteiger charge is 2.45. The van der Waals surface area contributed by atoms with Gasteiger partial charge in [-0.1, -0.05) is 12.8 Å². The van der Waals surface area contributed by atoms with Gasteiger partial charge in [0.1, 0.15) is 0 Å². The minimum atomic E-state index is 0.107. The molecule has 4 heteroatoms. The smallest absolute Gasteiger partial charge is 0.0767 e. The monoisotopic (exact) mass is 283 g/mol. The minimum Gasteiger partial charge on any atom is -0.379 e. The molecule has 0 aromatic rings. The summed E-state index contributed by atoms with van der Waals surface area (Å²) in [4.78, 5) is 4.98. The molecule has 118 valence electrons. The van der Waals surface area contributed by atoms with E-state index in [1.165, 1.54) is 58.2 Å². The summed E-state index contributed by atoms with van der Waals surface area (Å²) < 4.78 is 5.81. The molecule has 0 aromatic heterocycles. The predicted octanol–water partition coefficient (Wildman–Crippen LogP) is 1.55. The Kier molecular flexibility index (Phi) is 5.84.